The summed E-state index contributed by atoms with van der Waals surface area (Å²) in [5.74, 6) is -0.00510. The molecule has 0 radical (unpaired) electrons. The van der Waals surface area contributed by atoms with Gasteiger partial charge in [0.15, 0.2) is 18.1 Å². The Hall–Kier alpha value is -2.73. The maximum absolute atomic E-state index is 12.0. The van der Waals surface area contributed by atoms with E-state index >= 15 is 0 Å². The molecule has 7 heteroatoms. The highest BCUT2D eigenvalue weighted by atomic mass is 35.5. The number of hydrogen-bond acceptors (Lipinski definition) is 5. The fraction of sp³-hybridized carbons (Fsp3) is 0.176. The van der Waals surface area contributed by atoms with Crippen LogP contribution >= 0.6 is 11.6 Å². The van der Waals surface area contributed by atoms with E-state index in [2.05, 4.69) is 5.32 Å². The molecule has 0 spiro atoms. The molecule has 1 aliphatic rings. The SMILES string of the molecule is Cc1cc(NC(=O)COC(=O)c2ccc3c(c2)OCO3)ccc1Cl. The van der Waals surface area contributed by atoms with Crippen LogP contribution in [-0.2, 0) is 9.53 Å². The van der Waals surface area contributed by atoms with E-state index in [0.29, 0.717) is 22.2 Å². The largest absolute Gasteiger partial charge is 0.454 e. The van der Waals surface area contributed by atoms with Gasteiger partial charge in [-0.2, -0.15) is 0 Å². The van der Waals surface area contributed by atoms with E-state index in [1.54, 1.807) is 30.3 Å². The Kier molecular flexibility index (Phi) is 4.57. The summed E-state index contributed by atoms with van der Waals surface area (Å²) in [6.07, 6.45) is 0. The Morgan fingerprint density at radius 3 is 2.75 bits per heavy atom. The first kappa shape index (κ1) is 16.1. The zero-order chi connectivity index (χ0) is 17.1. The quantitative estimate of drug-likeness (QED) is 0.860. The molecule has 3 rings (SSSR count). The summed E-state index contributed by atoms with van der Waals surface area (Å²) in [4.78, 5) is 23.8. The number of aryl methyl sites for hydroxylation is 1. The number of nitrogens with one attached hydrogen (secondary N) is 1. The smallest absolute Gasteiger partial charge is 0.338 e. The maximum Gasteiger partial charge on any atom is 0.338 e. The van der Waals surface area contributed by atoms with Crippen LogP contribution in [0.4, 0.5) is 5.69 Å². The monoisotopic (exact) mass is 347 g/mol. The maximum atomic E-state index is 12.0. The van der Waals surface area contributed by atoms with E-state index in [-0.39, 0.29) is 12.4 Å². The van der Waals surface area contributed by atoms with Crippen molar-refractivity contribution in [3.63, 3.8) is 0 Å². The highest BCUT2D eigenvalue weighted by Crippen LogP contribution is 2.32. The van der Waals surface area contributed by atoms with Crippen LogP contribution in [0.15, 0.2) is 36.4 Å². The van der Waals surface area contributed by atoms with Crippen LogP contribution < -0.4 is 14.8 Å². The molecular weight excluding hydrogens is 334 g/mol. The third-order valence-corrected chi connectivity index (χ3v) is 3.81. The predicted molar refractivity (Wildman–Crippen MR) is 87.7 cm³/mol. The Labute approximate surface area is 143 Å². The summed E-state index contributed by atoms with van der Waals surface area (Å²) in [5, 5.41) is 3.25. The molecule has 0 unspecified atom stereocenters. The normalized spacial score (nSPS) is 11.9. The van der Waals surface area contributed by atoms with Crippen molar-refractivity contribution in [3.05, 3.63) is 52.5 Å². The molecule has 2 aromatic rings. The van der Waals surface area contributed by atoms with Gasteiger partial charge >= 0.3 is 5.97 Å². The highest BCUT2D eigenvalue weighted by molar-refractivity contribution is 6.31. The first-order chi connectivity index (χ1) is 11.5. The lowest BCUT2D eigenvalue weighted by Gasteiger charge is -2.08. The van der Waals surface area contributed by atoms with Crippen molar-refractivity contribution in [2.45, 2.75) is 6.92 Å². The molecule has 24 heavy (non-hydrogen) atoms. The minimum Gasteiger partial charge on any atom is -0.454 e. The van der Waals surface area contributed by atoms with E-state index in [1.807, 2.05) is 6.92 Å². The van der Waals surface area contributed by atoms with Gasteiger partial charge in [0, 0.05) is 10.7 Å². The lowest BCUT2D eigenvalue weighted by molar-refractivity contribution is -0.119. The zero-order valence-electron chi connectivity index (χ0n) is 12.8. The molecule has 0 saturated heterocycles. The fourth-order valence-electron chi connectivity index (χ4n) is 2.16. The van der Waals surface area contributed by atoms with Gasteiger partial charge in [-0.25, -0.2) is 4.79 Å². The summed E-state index contributed by atoms with van der Waals surface area (Å²) in [6, 6.07) is 9.79. The van der Waals surface area contributed by atoms with Crippen molar-refractivity contribution in [2.75, 3.05) is 18.7 Å². The van der Waals surface area contributed by atoms with Crippen molar-refractivity contribution in [1.82, 2.24) is 0 Å². The molecular formula is C17H14ClNO5. The van der Waals surface area contributed by atoms with Gasteiger partial charge in [-0.15, -0.1) is 0 Å². The number of carbonyl (C=O) groups is 2. The first-order valence-electron chi connectivity index (χ1n) is 7.16. The van der Waals surface area contributed by atoms with E-state index in [4.69, 9.17) is 25.8 Å². The van der Waals surface area contributed by atoms with Crippen molar-refractivity contribution in [1.29, 1.82) is 0 Å². The molecule has 0 aliphatic carbocycles. The molecule has 2 aromatic carbocycles. The molecule has 0 saturated carbocycles. The second-order valence-electron chi connectivity index (χ2n) is 5.16. The summed E-state index contributed by atoms with van der Waals surface area (Å²) >= 11 is 5.93. The molecule has 1 aliphatic heterocycles. The molecule has 0 bridgehead atoms. The van der Waals surface area contributed by atoms with Crippen molar-refractivity contribution in [3.8, 4) is 11.5 Å². The number of carbonyl (C=O) groups excluding carboxylic acids is 2. The van der Waals surface area contributed by atoms with Gasteiger partial charge in [0.25, 0.3) is 5.91 Å². The second kappa shape index (κ2) is 6.80. The Morgan fingerprint density at radius 1 is 1.17 bits per heavy atom. The predicted octanol–water partition coefficient (Wildman–Crippen LogP) is 3.17. The minimum atomic E-state index is -0.615. The first-order valence-corrected chi connectivity index (χ1v) is 7.53. The van der Waals surface area contributed by atoms with E-state index in [0.717, 1.165) is 5.56 Å². The van der Waals surface area contributed by atoms with Gasteiger partial charge in [-0.3, -0.25) is 4.79 Å². The molecule has 0 fully saturated rings. The second-order valence-corrected chi connectivity index (χ2v) is 5.56. The Morgan fingerprint density at radius 2 is 1.96 bits per heavy atom. The average molecular weight is 348 g/mol. The molecule has 124 valence electrons. The lowest BCUT2D eigenvalue weighted by atomic mass is 10.2. The van der Waals surface area contributed by atoms with Crippen molar-refractivity contribution >= 4 is 29.2 Å². The van der Waals surface area contributed by atoms with E-state index < -0.39 is 18.5 Å². The van der Waals surface area contributed by atoms with Crippen LogP contribution in [0.3, 0.4) is 0 Å². The van der Waals surface area contributed by atoms with Crippen LogP contribution in [0.2, 0.25) is 5.02 Å². The van der Waals surface area contributed by atoms with E-state index in [9.17, 15) is 9.59 Å². The van der Waals surface area contributed by atoms with Crippen LogP contribution in [0, 0.1) is 6.92 Å². The van der Waals surface area contributed by atoms with Crippen LogP contribution in [-0.4, -0.2) is 25.3 Å². The number of esters is 1. The number of fused-ring (bicyclic) bond motifs is 1. The molecule has 1 heterocycles. The summed E-state index contributed by atoms with van der Waals surface area (Å²) in [5.41, 5.74) is 1.71. The summed E-state index contributed by atoms with van der Waals surface area (Å²) < 4.78 is 15.4. The molecule has 0 atom stereocenters. The van der Waals surface area contributed by atoms with Gasteiger partial charge in [0.05, 0.1) is 5.56 Å². The number of hydrogen-bond donors (Lipinski definition) is 1. The molecule has 6 nitrogen and oxygen atoms in total. The number of amides is 1. The van der Waals surface area contributed by atoms with Gasteiger partial charge < -0.3 is 19.5 Å². The molecule has 1 N–H and O–H groups in total. The minimum absolute atomic E-state index is 0.122. The highest BCUT2D eigenvalue weighted by Gasteiger charge is 2.17. The Bertz CT molecular complexity index is 806. The Balaban J connectivity index is 1.55. The summed E-state index contributed by atoms with van der Waals surface area (Å²) in [7, 11) is 0. The van der Waals surface area contributed by atoms with Crippen LogP contribution in [0.1, 0.15) is 15.9 Å². The standard InChI is InChI=1S/C17H14ClNO5/c1-10-6-12(3-4-13(10)18)19-16(20)8-22-17(21)11-2-5-14-15(7-11)24-9-23-14/h2-7H,8-9H2,1H3,(H,19,20). The third-order valence-electron chi connectivity index (χ3n) is 3.38. The number of ether oxygens (including phenoxy) is 3. The number of halogens is 1. The van der Waals surface area contributed by atoms with Gasteiger partial charge in [0.2, 0.25) is 6.79 Å². The third kappa shape index (κ3) is 3.60. The zero-order valence-corrected chi connectivity index (χ0v) is 13.6. The van der Waals surface area contributed by atoms with Crippen LogP contribution in [0.5, 0.6) is 11.5 Å². The fourth-order valence-corrected chi connectivity index (χ4v) is 2.28. The average Bonchev–Trinajstić information content (AvgIpc) is 3.03. The summed E-state index contributed by atoms with van der Waals surface area (Å²) in [6.45, 7) is 1.56. The topological polar surface area (TPSA) is 73.9 Å². The van der Waals surface area contributed by atoms with Gasteiger partial charge in [0.1, 0.15) is 0 Å². The number of rotatable bonds is 4. The van der Waals surface area contributed by atoms with Crippen molar-refractivity contribution in [2.24, 2.45) is 0 Å². The van der Waals surface area contributed by atoms with E-state index in [1.165, 1.54) is 6.07 Å². The lowest BCUT2D eigenvalue weighted by Crippen LogP contribution is -2.21. The molecule has 1 amide bonds. The molecule has 0 aromatic heterocycles. The van der Waals surface area contributed by atoms with Crippen molar-refractivity contribution < 1.29 is 23.8 Å². The van der Waals surface area contributed by atoms with Gasteiger partial charge in [-0.1, -0.05) is 11.6 Å². The number of benzene rings is 2. The number of anilines is 1. The van der Waals surface area contributed by atoms with Crippen LogP contribution in [0.25, 0.3) is 0 Å². The van der Waals surface area contributed by atoms with Gasteiger partial charge in [-0.05, 0) is 48.9 Å².